The second kappa shape index (κ2) is 7.55. The average molecular weight is 344 g/mol. The van der Waals surface area contributed by atoms with Crippen molar-refractivity contribution in [2.24, 2.45) is 5.73 Å². The molecule has 1 aliphatic rings. The third-order valence-electron chi connectivity index (χ3n) is 4.00. The van der Waals surface area contributed by atoms with E-state index in [0.717, 1.165) is 5.01 Å². The van der Waals surface area contributed by atoms with Gasteiger partial charge in [0.05, 0.1) is 5.01 Å². The van der Waals surface area contributed by atoms with Gasteiger partial charge in [-0.1, -0.05) is 18.2 Å². The number of carbonyl (C=O) groups excluding carboxylic acids is 2. The summed E-state index contributed by atoms with van der Waals surface area (Å²) in [5.41, 5.74) is 6.68. The fraction of sp³-hybridized carbons (Fsp3) is 0.353. The highest BCUT2D eigenvalue weighted by Gasteiger charge is 2.26. The zero-order valence-electron chi connectivity index (χ0n) is 13.4. The predicted octanol–water partition coefficient (Wildman–Crippen LogP) is 1.24. The maximum Gasteiger partial charge on any atom is 0.273 e. The Morgan fingerprint density at radius 1 is 1.04 bits per heavy atom. The minimum absolute atomic E-state index is 0.0154. The molecule has 6 nitrogen and oxygen atoms in total. The quantitative estimate of drug-likeness (QED) is 0.905. The second-order valence-electron chi connectivity index (χ2n) is 5.62. The van der Waals surface area contributed by atoms with E-state index < -0.39 is 0 Å². The van der Waals surface area contributed by atoms with Gasteiger partial charge >= 0.3 is 0 Å². The first-order valence-electron chi connectivity index (χ1n) is 7.97. The van der Waals surface area contributed by atoms with Crippen LogP contribution in [0.25, 0.3) is 0 Å². The third kappa shape index (κ3) is 3.63. The molecule has 0 atom stereocenters. The van der Waals surface area contributed by atoms with Crippen LogP contribution in [0.2, 0.25) is 0 Å². The largest absolute Gasteiger partial charge is 0.335 e. The minimum Gasteiger partial charge on any atom is -0.335 e. The van der Waals surface area contributed by atoms with Crippen molar-refractivity contribution in [3.63, 3.8) is 0 Å². The van der Waals surface area contributed by atoms with Gasteiger partial charge in [0, 0.05) is 43.5 Å². The van der Waals surface area contributed by atoms with Crippen molar-refractivity contribution < 1.29 is 9.59 Å². The number of hydrogen-bond acceptors (Lipinski definition) is 5. The number of piperazine rings is 1. The highest BCUT2D eigenvalue weighted by molar-refractivity contribution is 7.09. The molecule has 1 saturated heterocycles. The maximum absolute atomic E-state index is 12.5. The van der Waals surface area contributed by atoms with Crippen LogP contribution in [0.4, 0.5) is 0 Å². The Bertz CT molecular complexity index is 708. The van der Waals surface area contributed by atoms with Gasteiger partial charge < -0.3 is 15.5 Å². The predicted molar refractivity (Wildman–Crippen MR) is 93.1 cm³/mol. The van der Waals surface area contributed by atoms with E-state index in [1.807, 2.05) is 30.3 Å². The molecule has 2 N–H and O–H groups in total. The molecule has 7 heteroatoms. The van der Waals surface area contributed by atoms with Crippen molar-refractivity contribution in [3.8, 4) is 0 Å². The van der Waals surface area contributed by atoms with E-state index in [9.17, 15) is 9.59 Å². The molecule has 1 fully saturated rings. The molecule has 0 radical (unpaired) electrons. The Kier molecular flexibility index (Phi) is 5.22. The number of benzene rings is 1. The summed E-state index contributed by atoms with van der Waals surface area (Å²) in [5, 5.41) is 2.67. The topological polar surface area (TPSA) is 79.5 Å². The van der Waals surface area contributed by atoms with Gasteiger partial charge in [0.2, 0.25) is 0 Å². The van der Waals surface area contributed by atoms with Gasteiger partial charge in [-0.15, -0.1) is 11.3 Å². The van der Waals surface area contributed by atoms with E-state index in [1.165, 1.54) is 11.3 Å². The van der Waals surface area contributed by atoms with Crippen molar-refractivity contribution in [1.82, 2.24) is 14.8 Å². The van der Waals surface area contributed by atoms with Crippen molar-refractivity contribution in [2.75, 3.05) is 32.7 Å². The standard InChI is InChI=1S/C17H20N4O2S/c18-7-6-15-19-14(12-24-15)17(23)21-10-8-20(9-11-21)16(22)13-4-2-1-3-5-13/h1-5,12H,6-11,18H2. The van der Waals surface area contributed by atoms with Crippen molar-refractivity contribution >= 4 is 23.2 Å². The lowest BCUT2D eigenvalue weighted by atomic mass is 10.2. The SMILES string of the molecule is NCCc1nc(C(=O)N2CCN(C(=O)c3ccccc3)CC2)cs1. The number of amides is 2. The number of nitrogens with zero attached hydrogens (tertiary/aromatic N) is 3. The first-order chi connectivity index (χ1) is 11.7. The van der Waals surface area contributed by atoms with Gasteiger partial charge in [0.1, 0.15) is 5.69 Å². The van der Waals surface area contributed by atoms with Crippen LogP contribution < -0.4 is 5.73 Å². The first-order valence-corrected chi connectivity index (χ1v) is 8.85. The first kappa shape index (κ1) is 16.6. The van der Waals surface area contributed by atoms with E-state index in [0.29, 0.717) is 50.4 Å². The third-order valence-corrected chi connectivity index (χ3v) is 4.91. The Morgan fingerprint density at radius 3 is 2.29 bits per heavy atom. The summed E-state index contributed by atoms with van der Waals surface area (Å²) >= 11 is 1.47. The Balaban J connectivity index is 1.58. The molecule has 2 heterocycles. The smallest absolute Gasteiger partial charge is 0.273 e. The van der Waals surface area contributed by atoms with E-state index >= 15 is 0 Å². The van der Waals surface area contributed by atoms with E-state index in [1.54, 1.807) is 15.2 Å². The maximum atomic E-state index is 12.5. The Hall–Kier alpha value is -2.25. The van der Waals surface area contributed by atoms with Gasteiger partial charge in [0.25, 0.3) is 11.8 Å². The molecule has 1 aromatic heterocycles. The number of nitrogens with two attached hydrogens (primary N) is 1. The van der Waals surface area contributed by atoms with Gasteiger partial charge in [-0.05, 0) is 18.7 Å². The number of aromatic nitrogens is 1. The molecule has 0 unspecified atom stereocenters. The number of rotatable bonds is 4. The summed E-state index contributed by atoms with van der Waals surface area (Å²) in [6.07, 6.45) is 0.692. The lowest BCUT2D eigenvalue weighted by molar-refractivity contribution is 0.0532. The van der Waals surface area contributed by atoms with E-state index in [2.05, 4.69) is 4.98 Å². The normalized spacial score (nSPS) is 14.7. The van der Waals surface area contributed by atoms with Crippen molar-refractivity contribution in [3.05, 3.63) is 52.0 Å². The summed E-state index contributed by atoms with van der Waals surface area (Å²) in [4.78, 5) is 32.8. The Morgan fingerprint density at radius 2 is 1.67 bits per heavy atom. The molecule has 1 aliphatic heterocycles. The summed E-state index contributed by atoms with van der Waals surface area (Å²) in [7, 11) is 0. The van der Waals surface area contributed by atoms with E-state index in [4.69, 9.17) is 5.73 Å². The lowest BCUT2D eigenvalue weighted by Gasteiger charge is -2.34. The van der Waals surface area contributed by atoms with Gasteiger partial charge in [-0.2, -0.15) is 0 Å². The molecule has 1 aromatic carbocycles. The molecule has 126 valence electrons. The number of thiazole rings is 1. The van der Waals surface area contributed by atoms with Gasteiger partial charge in [0.15, 0.2) is 0 Å². The summed E-state index contributed by atoms with van der Waals surface area (Å²) in [5.74, 6) is -0.0529. The number of hydrogen-bond donors (Lipinski definition) is 1. The second-order valence-corrected chi connectivity index (χ2v) is 6.56. The van der Waals surface area contributed by atoms with Crippen molar-refractivity contribution in [1.29, 1.82) is 0 Å². The molecule has 0 aliphatic carbocycles. The van der Waals surface area contributed by atoms with Gasteiger partial charge in [-0.25, -0.2) is 4.98 Å². The zero-order valence-corrected chi connectivity index (χ0v) is 14.2. The lowest BCUT2D eigenvalue weighted by Crippen LogP contribution is -2.50. The average Bonchev–Trinajstić information content (AvgIpc) is 3.10. The molecule has 0 bridgehead atoms. The van der Waals surface area contributed by atoms with Crippen LogP contribution >= 0.6 is 11.3 Å². The van der Waals surface area contributed by atoms with Crippen LogP contribution in [0.5, 0.6) is 0 Å². The van der Waals surface area contributed by atoms with Gasteiger partial charge in [-0.3, -0.25) is 9.59 Å². The monoisotopic (exact) mass is 344 g/mol. The van der Waals surface area contributed by atoms with Crippen LogP contribution in [0, 0.1) is 0 Å². The van der Waals surface area contributed by atoms with Crippen LogP contribution in [-0.2, 0) is 6.42 Å². The fourth-order valence-corrected chi connectivity index (χ4v) is 3.47. The molecular formula is C17H20N4O2S. The van der Waals surface area contributed by atoms with E-state index in [-0.39, 0.29) is 11.8 Å². The summed E-state index contributed by atoms with van der Waals surface area (Å²) < 4.78 is 0. The highest BCUT2D eigenvalue weighted by Crippen LogP contribution is 2.15. The summed E-state index contributed by atoms with van der Waals surface area (Å²) in [6, 6.07) is 9.23. The zero-order chi connectivity index (χ0) is 16.9. The molecule has 2 amide bonds. The van der Waals surface area contributed by atoms with Crippen molar-refractivity contribution in [2.45, 2.75) is 6.42 Å². The highest BCUT2D eigenvalue weighted by atomic mass is 32.1. The molecular weight excluding hydrogens is 324 g/mol. The van der Waals surface area contributed by atoms with Crippen LogP contribution in [0.15, 0.2) is 35.7 Å². The van der Waals surface area contributed by atoms with Crippen LogP contribution in [0.1, 0.15) is 25.9 Å². The van der Waals surface area contributed by atoms with Crippen LogP contribution in [0.3, 0.4) is 0 Å². The number of carbonyl (C=O) groups is 2. The minimum atomic E-state index is -0.0682. The Labute approximate surface area is 144 Å². The molecule has 24 heavy (non-hydrogen) atoms. The molecule has 3 rings (SSSR count). The summed E-state index contributed by atoms with van der Waals surface area (Å²) in [6.45, 7) is 2.67. The molecule has 0 spiro atoms. The van der Waals surface area contributed by atoms with Crippen LogP contribution in [-0.4, -0.2) is 59.3 Å². The fourth-order valence-electron chi connectivity index (χ4n) is 2.69. The molecule has 2 aromatic rings. The molecule has 0 saturated carbocycles.